The second kappa shape index (κ2) is 8.64. The normalized spacial score (nSPS) is 12.4. The number of sulfonamides is 1. The van der Waals surface area contributed by atoms with Crippen molar-refractivity contribution < 1.29 is 21.0 Å². The molecule has 0 bridgehead atoms. The van der Waals surface area contributed by atoms with Gasteiger partial charge in [-0.3, -0.25) is 4.18 Å². The Morgan fingerprint density at radius 1 is 0.963 bits per heavy atom. The minimum absolute atomic E-state index is 0.0413. The van der Waals surface area contributed by atoms with Crippen LogP contribution in [0, 0.1) is 0 Å². The number of benzene rings is 2. The lowest BCUT2D eigenvalue weighted by atomic mass is 10.0. The Kier molecular flexibility index (Phi) is 6.74. The molecule has 0 unspecified atom stereocenters. The zero-order valence-electron chi connectivity index (χ0n) is 15.4. The van der Waals surface area contributed by atoms with Gasteiger partial charge in [0, 0.05) is 14.1 Å². The molecule has 9 heteroatoms. The van der Waals surface area contributed by atoms with E-state index in [-0.39, 0.29) is 11.5 Å². The van der Waals surface area contributed by atoms with E-state index in [1.165, 1.54) is 12.4 Å². The monoisotopic (exact) mass is 410 g/mol. The van der Waals surface area contributed by atoms with E-state index in [4.69, 9.17) is 4.18 Å². The maximum Gasteiger partial charge on any atom is 0.283 e. The summed E-state index contributed by atoms with van der Waals surface area (Å²) in [5.41, 5.74) is 2.44. The quantitative estimate of drug-likeness (QED) is 0.376. The summed E-state index contributed by atoms with van der Waals surface area (Å²) >= 11 is 0. The van der Waals surface area contributed by atoms with Gasteiger partial charge in [-0.25, -0.2) is 0 Å². The molecule has 2 aromatic carbocycles. The molecule has 0 aliphatic carbocycles. The van der Waals surface area contributed by atoms with Crippen molar-refractivity contribution in [2.24, 2.45) is 4.40 Å². The fourth-order valence-corrected chi connectivity index (χ4v) is 3.61. The minimum Gasteiger partial charge on any atom is -0.368 e. The van der Waals surface area contributed by atoms with Crippen molar-refractivity contribution in [3.63, 3.8) is 0 Å². The first-order valence-corrected chi connectivity index (χ1v) is 11.3. The van der Waals surface area contributed by atoms with Gasteiger partial charge in [0.25, 0.3) is 20.1 Å². The van der Waals surface area contributed by atoms with Crippen LogP contribution in [-0.4, -0.2) is 48.4 Å². The first kappa shape index (κ1) is 21.1. The van der Waals surface area contributed by atoms with Gasteiger partial charge in [-0.15, -0.1) is 4.40 Å². The van der Waals surface area contributed by atoms with E-state index < -0.39 is 20.1 Å². The first-order chi connectivity index (χ1) is 12.5. The molecule has 146 valence electrons. The topological polar surface area (TPSA) is 93.1 Å². The summed E-state index contributed by atoms with van der Waals surface area (Å²) in [6.45, 7) is -0.0413. The predicted octanol–water partition coefficient (Wildman–Crippen LogP) is 2.03. The minimum atomic E-state index is -3.76. The molecule has 0 saturated heterocycles. The van der Waals surface area contributed by atoms with Gasteiger partial charge in [-0.2, -0.15) is 16.8 Å². The van der Waals surface area contributed by atoms with Gasteiger partial charge in [-0.05, 0) is 35.2 Å². The fraction of sp³-hybridized carbons (Fsp3) is 0.278. The number of hydrogen-bond acceptors (Lipinski definition) is 5. The van der Waals surface area contributed by atoms with E-state index in [1.807, 2.05) is 18.2 Å². The summed E-state index contributed by atoms with van der Waals surface area (Å²) in [7, 11) is -3.89. The Labute approximate surface area is 160 Å². The van der Waals surface area contributed by atoms with Crippen LogP contribution in [0.15, 0.2) is 57.8 Å². The third-order valence-corrected chi connectivity index (χ3v) is 5.22. The second-order valence-corrected chi connectivity index (χ2v) is 9.55. The van der Waals surface area contributed by atoms with Gasteiger partial charge < -0.3 is 4.90 Å². The summed E-state index contributed by atoms with van der Waals surface area (Å²) in [5.74, 6) is 0. The molecule has 0 N–H and O–H groups in total. The molecule has 0 heterocycles. The van der Waals surface area contributed by atoms with Crippen molar-refractivity contribution in [1.82, 2.24) is 4.90 Å². The molecule has 0 fully saturated rings. The second-order valence-electron chi connectivity index (χ2n) is 6.27. The van der Waals surface area contributed by atoms with E-state index in [0.717, 1.165) is 22.9 Å². The van der Waals surface area contributed by atoms with Crippen LogP contribution in [-0.2, 0) is 37.4 Å². The number of nitrogens with zero attached hydrogens (tertiary/aromatic N) is 2. The summed E-state index contributed by atoms with van der Waals surface area (Å²) in [6.07, 6.45) is 2.74. The molecule has 7 nitrogen and oxygen atoms in total. The van der Waals surface area contributed by atoms with E-state index in [1.54, 1.807) is 43.3 Å². The third kappa shape index (κ3) is 7.12. The lowest BCUT2D eigenvalue weighted by molar-refractivity contribution is 0.311. The zero-order chi connectivity index (χ0) is 20.1. The average Bonchev–Trinajstić information content (AvgIpc) is 2.58. The summed E-state index contributed by atoms with van der Waals surface area (Å²) < 4.78 is 55.2. The molecule has 0 atom stereocenters. The Bertz CT molecular complexity index is 1030. The SMILES string of the molecule is CN(C)/C=N/S(=O)(=O)c1cccc(Cc2cccc(COS(C)(=O)=O)c2)c1. The molecule has 0 amide bonds. The predicted molar refractivity (Wildman–Crippen MR) is 105 cm³/mol. The van der Waals surface area contributed by atoms with E-state index >= 15 is 0 Å². The number of rotatable bonds is 8. The standard InChI is InChI=1S/C18H22N2O5S2/c1-20(2)14-19-27(23,24)18-9-5-7-16(12-18)10-15-6-4-8-17(11-15)13-25-26(3,21)22/h4-9,11-12,14H,10,13H2,1-3H3/b19-14+. The van der Waals surface area contributed by atoms with Crippen LogP contribution < -0.4 is 0 Å². The van der Waals surface area contributed by atoms with Gasteiger partial charge >= 0.3 is 0 Å². The molecule has 0 aliphatic heterocycles. The molecule has 0 aliphatic rings. The highest BCUT2D eigenvalue weighted by molar-refractivity contribution is 7.90. The average molecular weight is 411 g/mol. The third-order valence-electron chi connectivity index (χ3n) is 3.45. The molecule has 27 heavy (non-hydrogen) atoms. The van der Waals surface area contributed by atoms with Crippen molar-refractivity contribution in [3.05, 3.63) is 65.2 Å². The van der Waals surface area contributed by atoms with Crippen molar-refractivity contribution in [3.8, 4) is 0 Å². The molecule has 0 radical (unpaired) electrons. The van der Waals surface area contributed by atoms with Crippen LogP contribution in [0.5, 0.6) is 0 Å². The molecule has 0 saturated carbocycles. The van der Waals surface area contributed by atoms with Crippen LogP contribution >= 0.6 is 0 Å². The van der Waals surface area contributed by atoms with Gasteiger partial charge in [0.2, 0.25) is 0 Å². The maximum atomic E-state index is 12.3. The zero-order valence-corrected chi connectivity index (χ0v) is 17.0. The van der Waals surface area contributed by atoms with Crippen molar-refractivity contribution in [2.75, 3.05) is 20.4 Å². The molecule has 0 aromatic heterocycles. The lowest BCUT2D eigenvalue weighted by Crippen LogP contribution is -2.10. The molecule has 0 spiro atoms. The number of hydrogen-bond donors (Lipinski definition) is 0. The molecule has 2 rings (SSSR count). The molecular weight excluding hydrogens is 388 g/mol. The van der Waals surface area contributed by atoms with Crippen LogP contribution in [0.25, 0.3) is 0 Å². The van der Waals surface area contributed by atoms with Gasteiger partial charge in [-0.1, -0.05) is 36.4 Å². The summed E-state index contributed by atoms with van der Waals surface area (Å²) in [4.78, 5) is 1.67. The van der Waals surface area contributed by atoms with Crippen molar-refractivity contribution >= 4 is 26.5 Å². The Hall–Kier alpha value is -2.23. The Balaban J connectivity index is 2.19. The van der Waals surface area contributed by atoms with Crippen LogP contribution in [0.4, 0.5) is 0 Å². The Morgan fingerprint density at radius 2 is 1.56 bits per heavy atom. The van der Waals surface area contributed by atoms with Crippen molar-refractivity contribution in [1.29, 1.82) is 0 Å². The maximum absolute atomic E-state index is 12.3. The van der Waals surface area contributed by atoms with Crippen molar-refractivity contribution in [2.45, 2.75) is 17.9 Å². The highest BCUT2D eigenvalue weighted by atomic mass is 32.2. The van der Waals surface area contributed by atoms with Gasteiger partial charge in [0.1, 0.15) is 6.34 Å². The van der Waals surface area contributed by atoms with E-state index in [2.05, 4.69) is 4.40 Å². The van der Waals surface area contributed by atoms with Gasteiger partial charge in [0.15, 0.2) is 0 Å². The van der Waals surface area contributed by atoms with Crippen LogP contribution in [0.2, 0.25) is 0 Å². The summed E-state index contributed by atoms with van der Waals surface area (Å²) in [5, 5.41) is 0. The largest absolute Gasteiger partial charge is 0.368 e. The Morgan fingerprint density at radius 3 is 2.19 bits per heavy atom. The highest BCUT2D eigenvalue weighted by Crippen LogP contribution is 2.18. The van der Waals surface area contributed by atoms with E-state index in [0.29, 0.717) is 6.42 Å². The molecular formula is C18H22N2O5S2. The smallest absolute Gasteiger partial charge is 0.283 e. The molecule has 2 aromatic rings. The fourth-order valence-electron chi connectivity index (χ4n) is 2.27. The first-order valence-electron chi connectivity index (χ1n) is 8.03. The highest BCUT2D eigenvalue weighted by Gasteiger charge is 2.12. The van der Waals surface area contributed by atoms with Gasteiger partial charge in [0.05, 0.1) is 17.8 Å². The van der Waals surface area contributed by atoms with E-state index in [9.17, 15) is 16.8 Å². The van der Waals surface area contributed by atoms with Crippen LogP contribution in [0.1, 0.15) is 16.7 Å². The lowest BCUT2D eigenvalue weighted by Gasteiger charge is -2.08. The summed E-state index contributed by atoms with van der Waals surface area (Å²) in [6, 6.07) is 13.9. The van der Waals surface area contributed by atoms with Crippen LogP contribution in [0.3, 0.4) is 0 Å².